The minimum Gasteiger partial charge on any atom is -0.481 e. The Hall–Kier alpha value is -1.81. The third-order valence-electron chi connectivity index (χ3n) is 4.46. The lowest BCUT2D eigenvalue weighted by Gasteiger charge is -2.23. The normalized spacial score (nSPS) is 29.6. The molecule has 0 unspecified atom stereocenters. The number of hydrogen-bond donors (Lipinski definition) is 2. The van der Waals surface area contributed by atoms with E-state index in [1.165, 1.54) is 0 Å². The summed E-state index contributed by atoms with van der Waals surface area (Å²) in [6.45, 7) is 0.322. The molecule has 1 aromatic carbocycles. The topological polar surface area (TPSA) is 66.4 Å². The molecule has 0 aromatic heterocycles. The molecule has 1 amide bonds. The molecule has 2 aliphatic carbocycles. The van der Waals surface area contributed by atoms with Gasteiger partial charge < -0.3 is 10.4 Å². The molecule has 0 aliphatic heterocycles. The maximum absolute atomic E-state index is 12.4. The first-order chi connectivity index (χ1) is 10.1. The summed E-state index contributed by atoms with van der Waals surface area (Å²) in [5.41, 5.74) is 0.832. The molecule has 110 valence electrons. The van der Waals surface area contributed by atoms with Crippen molar-refractivity contribution in [3.63, 3.8) is 0 Å². The van der Waals surface area contributed by atoms with Crippen LogP contribution in [-0.2, 0) is 16.1 Å². The van der Waals surface area contributed by atoms with Crippen LogP contribution in [0.15, 0.2) is 36.4 Å². The Morgan fingerprint density at radius 2 is 1.86 bits per heavy atom. The van der Waals surface area contributed by atoms with Crippen LogP contribution in [0.5, 0.6) is 0 Å². The van der Waals surface area contributed by atoms with Crippen molar-refractivity contribution in [3.05, 3.63) is 47.0 Å². The molecule has 0 spiro atoms. The van der Waals surface area contributed by atoms with Crippen molar-refractivity contribution in [1.82, 2.24) is 5.32 Å². The number of allylic oxidation sites excluding steroid dienone is 2. The van der Waals surface area contributed by atoms with E-state index in [4.69, 9.17) is 11.6 Å². The molecule has 0 saturated heterocycles. The van der Waals surface area contributed by atoms with Crippen molar-refractivity contribution in [2.75, 3.05) is 0 Å². The van der Waals surface area contributed by atoms with Gasteiger partial charge in [-0.3, -0.25) is 9.59 Å². The van der Waals surface area contributed by atoms with Crippen molar-refractivity contribution in [2.45, 2.75) is 13.0 Å². The second-order valence-electron chi connectivity index (χ2n) is 5.65. The molecule has 4 nitrogen and oxygen atoms in total. The van der Waals surface area contributed by atoms with E-state index in [0.29, 0.717) is 11.6 Å². The maximum Gasteiger partial charge on any atom is 0.307 e. The Morgan fingerprint density at radius 1 is 1.19 bits per heavy atom. The van der Waals surface area contributed by atoms with E-state index >= 15 is 0 Å². The van der Waals surface area contributed by atoms with Gasteiger partial charge in [-0.05, 0) is 29.9 Å². The fourth-order valence-corrected chi connectivity index (χ4v) is 3.66. The molecule has 0 radical (unpaired) electrons. The van der Waals surface area contributed by atoms with Crippen LogP contribution in [-0.4, -0.2) is 17.0 Å². The number of carboxylic acids is 1. The number of halogens is 1. The molecule has 2 bridgehead atoms. The van der Waals surface area contributed by atoms with Crippen LogP contribution in [0.4, 0.5) is 0 Å². The highest BCUT2D eigenvalue weighted by molar-refractivity contribution is 6.31. The Morgan fingerprint density at radius 3 is 2.52 bits per heavy atom. The standard InChI is InChI=1S/C16H16ClNO3/c17-12-4-2-1-3-11(12)8-18-15(19)13-9-5-6-10(7-9)14(13)16(20)21/h1-6,9-10,13-14H,7-8H2,(H,18,19)(H,20,21)/t9-,10-,13+,14-/m0/s1. The fourth-order valence-electron chi connectivity index (χ4n) is 3.46. The highest BCUT2D eigenvalue weighted by Crippen LogP contribution is 2.48. The second-order valence-corrected chi connectivity index (χ2v) is 6.05. The van der Waals surface area contributed by atoms with Gasteiger partial charge >= 0.3 is 5.97 Å². The SMILES string of the molecule is O=C(O)[C@@H]1[C@H](C(=O)NCc2ccccc2Cl)[C@H]2C=C[C@H]1C2. The average Bonchev–Trinajstić information content (AvgIpc) is 3.06. The smallest absolute Gasteiger partial charge is 0.307 e. The van der Waals surface area contributed by atoms with Crippen LogP contribution in [0.3, 0.4) is 0 Å². The lowest BCUT2D eigenvalue weighted by Crippen LogP contribution is -2.39. The number of carboxylic acid groups (broad SMARTS) is 1. The number of amides is 1. The number of nitrogens with one attached hydrogen (secondary N) is 1. The van der Waals surface area contributed by atoms with Gasteiger partial charge in [0.05, 0.1) is 11.8 Å². The number of carbonyl (C=O) groups is 2. The Kier molecular flexibility index (Phi) is 3.72. The maximum atomic E-state index is 12.4. The fraction of sp³-hybridized carbons (Fsp3) is 0.375. The summed E-state index contributed by atoms with van der Waals surface area (Å²) < 4.78 is 0. The summed E-state index contributed by atoms with van der Waals surface area (Å²) in [5.74, 6) is -2.12. The molecule has 5 heteroatoms. The van der Waals surface area contributed by atoms with E-state index in [0.717, 1.165) is 12.0 Å². The van der Waals surface area contributed by atoms with Crippen molar-refractivity contribution < 1.29 is 14.7 Å². The highest BCUT2D eigenvalue weighted by Gasteiger charge is 2.51. The second kappa shape index (κ2) is 5.53. The molecular formula is C16H16ClNO3. The number of fused-ring (bicyclic) bond motifs is 2. The molecule has 2 aliphatic rings. The molecule has 3 rings (SSSR count). The first-order valence-electron chi connectivity index (χ1n) is 7.00. The van der Waals surface area contributed by atoms with Gasteiger partial charge in [0, 0.05) is 11.6 Å². The Bertz CT molecular complexity index is 613. The van der Waals surface area contributed by atoms with Crippen LogP contribution in [0.25, 0.3) is 0 Å². The molecule has 2 N–H and O–H groups in total. The van der Waals surface area contributed by atoms with Crippen LogP contribution < -0.4 is 5.32 Å². The van der Waals surface area contributed by atoms with Crippen molar-refractivity contribution in [3.8, 4) is 0 Å². The summed E-state index contributed by atoms with van der Waals surface area (Å²) in [6.07, 6.45) is 4.67. The summed E-state index contributed by atoms with van der Waals surface area (Å²) in [4.78, 5) is 23.8. The van der Waals surface area contributed by atoms with Crippen LogP contribution in [0.1, 0.15) is 12.0 Å². The zero-order valence-corrected chi connectivity index (χ0v) is 12.1. The zero-order valence-electron chi connectivity index (χ0n) is 11.3. The minimum absolute atomic E-state index is 0.0106. The predicted octanol–water partition coefficient (Wildman–Crippen LogP) is 2.48. The number of rotatable bonds is 4. The van der Waals surface area contributed by atoms with E-state index in [9.17, 15) is 14.7 Å². The van der Waals surface area contributed by atoms with Crippen molar-refractivity contribution >= 4 is 23.5 Å². The van der Waals surface area contributed by atoms with Gasteiger partial charge in [-0.15, -0.1) is 0 Å². The van der Waals surface area contributed by atoms with Gasteiger partial charge in [0.2, 0.25) is 5.91 Å². The highest BCUT2D eigenvalue weighted by atomic mass is 35.5. The van der Waals surface area contributed by atoms with E-state index < -0.39 is 17.8 Å². The lowest BCUT2D eigenvalue weighted by atomic mass is 9.82. The first-order valence-corrected chi connectivity index (χ1v) is 7.38. The molecule has 1 aromatic rings. The minimum atomic E-state index is -0.884. The van der Waals surface area contributed by atoms with Crippen molar-refractivity contribution in [1.29, 1.82) is 0 Å². The van der Waals surface area contributed by atoms with Gasteiger partial charge in [-0.1, -0.05) is 42.0 Å². The first kappa shape index (κ1) is 14.1. The monoisotopic (exact) mass is 305 g/mol. The summed E-state index contributed by atoms with van der Waals surface area (Å²) >= 11 is 6.05. The van der Waals surface area contributed by atoms with Gasteiger partial charge in [-0.25, -0.2) is 0 Å². The van der Waals surface area contributed by atoms with E-state index in [1.54, 1.807) is 6.07 Å². The predicted molar refractivity (Wildman–Crippen MR) is 78.7 cm³/mol. The third-order valence-corrected chi connectivity index (χ3v) is 4.83. The van der Waals surface area contributed by atoms with Crippen LogP contribution in [0, 0.1) is 23.7 Å². The lowest BCUT2D eigenvalue weighted by molar-refractivity contribution is -0.147. The zero-order chi connectivity index (χ0) is 15.0. The number of aliphatic carboxylic acids is 1. The van der Waals surface area contributed by atoms with E-state index in [2.05, 4.69) is 5.32 Å². The van der Waals surface area contributed by atoms with Gasteiger partial charge in [0.15, 0.2) is 0 Å². The number of carbonyl (C=O) groups excluding carboxylic acids is 1. The largest absolute Gasteiger partial charge is 0.481 e. The molecule has 1 saturated carbocycles. The van der Waals surface area contributed by atoms with E-state index in [1.807, 2.05) is 30.4 Å². The summed E-state index contributed by atoms with van der Waals surface area (Å²) in [6, 6.07) is 7.30. The molecule has 4 atom stereocenters. The Labute approximate surface area is 127 Å². The Balaban J connectivity index is 1.69. The quantitative estimate of drug-likeness (QED) is 0.840. The van der Waals surface area contributed by atoms with Crippen molar-refractivity contribution in [2.24, 2.45) is 23.7 Å². The number of benzene rings is 1. The molecular weight excluding hydrogens is 290 g/mol. The molecule has 1 fully saturated rings. The van der Waals surface area contributed by atoms with Gasteiger partial charge in [-0.2, -0.15) is 0 Å². The number of hydrogen-bond acceptors (Lipinski definition) is 2. The molecule has 21 heavy (non-hydrogen) atoms. The van der Waals surface area contributed by atoms with Gasteiger partial charge in [0.25, 0.3) is 0 Å². The van der Waals surface area contributed by atoms with Crippen LogP contribution in [0.2, 0.25) is 5.02 Å². The van der Waals surface area contributed by atoms with E-state index in [-0.39, 0.29) is 17.7 Å². The summed E-state index contributed by atoms with van der Waals surface area (Å²) in [5, 5.41) is 12.8. The third kappa shape index (κ3) is 2.56. The summed E-state index contributed by atoms with van der Waals surface area (Å²) in [7, 11) is 0. The average molecular weight is 306 g/mol. The molecule has 0 heterocycles. The van der Waals surface area contributed by atoms with Crippen LogP contribution >= 0.6 is 11.6 Å². The van der Waals surface area contributed by atoms with Gasteiger partial charge in [0.1, 0.15) is 0 Å².